The van der Waals surface area contributed by atoms with Crippen molar-refractivity contribution in [3.05, 3.63) is 55.3 Å². The largest absolute Gasteiger partial charge is 0.358 e. The fourth-order valence-electron chi connectivity index (χ4n) is 3.84. The standard InChI is InChI=1S/C22H26ClN5O4/c1-5-27(6-2)8-7-24-22(30)20-12(3)17(25-13(20)4)9-15-14-10-19(28(31)32)16(23)11-18(14)26-21(15)29/h9-11,25H,5-8H2,1-4H3,(H,24,30)(H,26,29)/b15-9-. The maximum atomic E-state index is 12.8. The molecule has 1 aromatic heterocycles. The molecule has 0 saturated heterocycles. The van der Waals surface area contributed by atoms with Crippen molar-refractivity contribution in [2.75, 3.05) is 31.5 Å². The SMILES string of the molecule is CCN(CC)CCNC(=O)c1c(C)[nH]c(/C=C2\C(=O)Nc3cc(Cl)c([N+](=O)[O-])cc32)c1C. The number of nitrogens with one attached hydrogen (secondary N) is 3. The van der Waals surface area contributed by atoms with E-state index in [0.29, 0.717) is 40.3 Å². The third kappa shape index (κ3) is 4.53. The van der Waals surface area contributed by atoms with Gasteiger partial charge in [0.15, 0.2) is 0 Å². The number of halogens is 1. The summed E-state index contributed by atoms with van der Waals surface area (Å²) in [7, 11) is 0. The van der Waals surface area contributed by atoms with E-state index < -0.39 is 10.8 Å². The number of aryl methyl sites for hydroxylation is 1. The molecular weight excluding hydrogens is 434 g/mol. The third-order valence-corrected chi connectivity index (χ3v) is 5.97. The van der Waals surface area contributed by atoms with Crippen molar-refractivity contribution in [1.82, 2.24) is 15.2 Å². The van der Waals surface area contributed by atoms with Crippen LogP contribution >= 0.6 is 11.6 Å². The molecule has 3 rings (SSSR count). The van der Waals surface area contributed by atoms with E-state index in [4.69, 9.17) is 11.6 Å². The molecule has 1 aromatic carbocycles. The van der Waals surface area contributed by atoms with Gasteiger partial charge >= 0.3 is 0 Å². The summed E-state index contributed by atoms with van der Waals surface area (Å²) in [5.41, 5.74) is 3.27. The Morgan fingerprint density at radius 1 is 1.28 bits per heavy atom. The van der Waals surface area contributed by atoms with Gasteiger partial charge < -0.3 is 20.5 Å². The first-order chi connectivity index (χ1) is 15.2. The zero-order chi connectivity index (χ0) is 23.6. The molecular formula is C22H26ClN5O4. The van der Waals surface area contributed by atoms with E-state index in [1.165, 1.54) is 12.1 Å². The first-order valence-electron chi connectivity index (χ1n) is 10.4. The summed E-state index contributed by atoms with van der Waals surface area (Å²) in [5, 5.41) is 16.8. The van der Waals surface area contributed by atoms with Gasteiger partial charge in [-0.3, -0.25) is 19.7 Å². The van der Waals surface area contributed by atoms with Crippen molar-refractivity contribution in [1.29, 1.82) is 0 Å². The number of aromatic amines is 1. The van der Waals surface area contributed by atoms with Gasteiger partial charge in [0.2, 0.25) is 0 Å². The molecule has 0 bridgehead atoms. The van der Waals surface area contributed by atoms with Gasteiger partial charge in [0.25, 0.3) is 17.5 Å². The second-order valence-electron chi connectivity index (χ2n) is 7.56. The van der Waals surface area contributed by atoms with Gasteiger partial charge in [0.05, 0.1) is 21.7 Å². The molecule has 2 amide bonds. The monoisotopic (exact) mass is 459 g/mol. The van der Waals surface area contributed by atoms with Crippen molar-refractivity contribution in [3.8, 4) is 0 Å². The minimum atomic E-state index is -0.590. The molecule has 0 radical (unpaired) electrons. The number of hydrogen-bond donors (Lipinski definition) is 3. The van der Waals surface area contributed by atoms with Gasteiger partial charge in [-0.15, -0.1) is 0 Å². The Morgan fingerprint density at radius 3 is 2.59 bits per heavy atom. The highest BCUT2D eigenvalue weighted by atomic mass is 35.5. The number of amides is 2. The summed E-state index contributed by atoms with van der Waals surface area (Å²) in [4.78, 5) is 41.3. The first kappa shape index (κ1) is 23.5. The van der Waals surface area contributed by atoms with Crippen molar-refractivity contribution in [2.45, 2.75) is 27.7 Å². The molecule has 1 aliphatic rings. The molecule has 32 heavy (non-hydrogen) atoms. The molecule has 0 saturated carbocycles. The fourth-order valence-corrected chi connectivity index (χ4v) is 4.08. The molecule has 0 unspecified atom stereocenters. The summed E-state index contributed by atoms with van der Waals surface area (Å²) in [6.45, 7) is 10.9. The van der Waals surface area contributed by atoms with Crippen LogP contribution in [0.1, 0.15) is 46.7 Å². The number of nitro benzene ring substituents is 1. The summed E-state index contributed by atoms with van der Waals surface area (Å²) in [5.74, 6) is -0.583. The van der Waals surface area contributed by atoms with Crippen molar-refractivity contribution >= 4 is 46.4 Å². The second kappa shape index (κ2) is 9.54. The van der Waals surface area contributed by atoms with E-state index in [1.54, 1.807) is 19.9 Å². The Bertz CT molecular complexity index is 1120. The molecule has 3 N–H and O–H groups in total. The van der Waals surface area contributed by atoms with Crippen LogP contribution < -0.4 is 10.6 Å². The maximum absolute atomic E-state index is 12.8. The first-order valence-corrected chi connectivity index (χ1v) is 10.8. The minimum Gasteiger partial charge on any atom is -0.358 e. The number of anilines is 1. The Labute approximate surface area is 191 Å². The molecule has 9 nitrogen and oxygen atoms in total. The molecule has 0 spiro atoms. The molecule has 0 fully saturated rings. The summed E-state index contributed by atoms with van der Waals surface area (Å²) in [6, 6.07) is 2.66. The van der Waals surface area contributed by atoms with Gasteiger partial charge in [-0.1, -0.05) is 25.4 Å². The second-order valence-corrected chi connectivity index (χ2v) is 7.97. The van der Waals surface area contributed by atoms with E-state index in [9.17, 15) is 19.7 Å². The lowest BCUT2D eigenvalue weighted by Gasteiger charge is -2.18. The number of rotatable bonds is 8. The van der Waals surface area contributed by atoms with Crippen molar-refractivity contribution in [2.24, 2.45) is 0 Å². The van der Waals surface area contributed by atoms with Gasteiger partial charge in [-0.25, -0.2) is 0 Å². The average molecular weight is 460 g/mol. The number of fused-ring (bicyclic) bond motifs is 1. The average Bonchev–Trinajstić information content (AvgIpc) is 3.19. The van der Waals surface area contributed by atoms with Crippen LogP contribution in [0.25, 0.3) is 11.6 Å². The number of H-pyrrole nitrogens is 1. The van der Waals surface area contributed by atoms with Crippen LogP contribution in [0.15, 0.2) is 12.1 Å². The normalized spacial score (nSPS) is 14.1. The van der Waals surface area contributed by atoms with Gasteiger partial charge in [0, 0.05) is 36.1 Å². The molecule has 10 heteroatoms. The number of likely N-dealkylation sites (N-methyl/N-ethyl adjacent to an activating group) is 1. The van der Waals surface area contributed by atoms with E-state index >= 15 is 0 Å². The fraction of sp³-hybridized carbons (Fsp3) is 0.364. The van der Waals surface area contributed by atoms with Crippen LogP contribution in [-0.2, 0) is 4.79 Å². The van der Waals surface area contributed by atoms with Gasteiger partial charge in [-0.2, -0.15) is 0 Å². The van der Waals surface area contributed by atoms with E-state index in [1.807, 2.05) is 0 Å². The lowest BCUT2D eigenvalue weighted by molar-refractivity contribution is -0.384. The Balaban J connectivity index is 1.90. The predicted molar refractivity (Wildman–Crippen MR) is 125 cm³/mol. The quantitative estimate of drug-likeness (QED) is 0.315. The van der Waals surface area contributed by atoms with E-state index in [0.717, 1.165) is 19.6 Å². The molecule has 0 atom stereocenters. The molecule has 170 valence electrons. The zero-order valence-corrected chi connectivity index (χ0v) is 19.2. The highest BCUT2D eigenvalue weighted by Gasteiger charge is 2.29. The summed E-state index contributed by atoms with van der Waals surface area (Å²) in [6.07, 6.45) is 1.60. The number of carbonyl (C=O) groups excluding carboxylic acids is 2. The van der Waals surface area contributed by atoms with Crippen molar-refractivity contribution < 1.29 is 14.5 Å². The summed E-state index contributed by atoms with van der Waals surface area (Å²) < 4.78 is 0. The molecule has 2 aromatic rings. The Hall–Kier alpha value is -3.17. The van der Waals surface area contributed by atoms with E-state index in [-0.39, 0.29) is 22.2 Å². The summed E-state index contributed by atoms with van der Waals surface area (Å²) >= 11 is 5.96. The van der Waals surface area contributed by atoms with Gasteiger partial charge in [-0.05, 0) is 44.6 Å². The van der Waals surface area contributed by atoms with Crippen LogP contribution in [0.2, 0.25) is 5.02 Å². The Kier molecular flexibility index (Phi) is 7.00. The van der Waals surface area contributed by atoms with Crippen LogP contribution in [0, 0.1) is 24.0 Å². The van der Waals surface area contributed by atoms with E-state index in [2.05, 4.69) is 34.4 Å². The Morgan fingerprint density at radius 2 is 1.97 bits per heavy atom. The molecule has 2 heterocycles. The number of benzene rings is 1. The van der Waals surface area contributed by atoms with Crippen LogP contribution in [0.5, 0.6) is 0 Å². The lowest BCUT2D eigenvalue weighted by Crippen LogP contribution is -2.35. The number of nitrogens with zero attached hydrogens (tertiary/aromatic N) is 2. The lowest BCUT2D eigenvalue weighted by atomic mass is 10.0. The van der Waals surface area contributed by atoms with Crippen molar-refractivity contribution in [3.63, 3.8) is 0 Å². The number of aromatic nitrogens is 1. The minimum absolute atomic E-state index is 0.0501. The number of hydrogen-bond acceptors (Lipinski definition) is 5. The molecule has 0 aliphatic carbocycles. The highest BCUT2D eigenvalue weighted by molar-refractivity contribution is 6.37. The van der Waals surface area contributed by atoms with Crippen LogP contribution in [0.3, 0.4) is 0 Å². The van der Waals surface area contributed by atoms with Crippen LogP contribution in [-0.4, -0.2) is 52.8 Å². The highest BCUT2D eigenvalue weighted by Crippen LogP contribution is 2.40. The number of nitro groups is 1. The predicted octanol–water partition coefficient (Wildman–Crippen LogP) is 3.76. The smallest absolute Gasteiger partial charge is 0.288 e. The number of carbonyl (C=O) groups is 2. The topological polar surface area (TPSA) is 120 Å². The molecule has 1 aliphatic heterocycles. The maximum Gasteiger partial charge on any atom is 0.288 e. The third-order valence-electron chi connectivity index (χ3n) is 5.67. The van der Waals surface area contributed by atoms with Crippen LogP contribution in [0.4, 0.5) is 11.4 Å². The zero-order valence-electron chi connectivity index (χ0n) is 18.5. The van der Waals surface area contributed by atoms with Gasteiger partial charge in [0.1, 0.15) is 5.02 Å².